The van der Waals surface area contributed by atoms with Crippen molar-refractivity contribution < 1.29 is 14.6 Å². The van der Waals surface area contributed by atoms with Gasteiger partial charge in [0.05, 0.1) is 13.2 Å². The summed E-state index contributed by atoms with van der Waals surface area (Å²) >= 11 is 0. The number of guanidine groups is 1. The third-order valence-electron chi connectivity index (χ3n) is 5.76. The van der Waals surface area contributed by atoms with Crippen molar-refractivity contribution in [2.45, 2.75) is 45.7 Å². The van der Waals surface area contributed by atoms with Crippen LogP contribution in [0.3, 0.4) is 0 Å². The number of carbonyl (C=O) groups excluding carboxylic acids is 1. The quantitative estimate of drug-likeness (QED) is 0.259. The molecular weight excluding hydrogens is 495 g/mol. The first-order valence-electron chi connectivity index (χ1n) is 10.7. The number of benzene rings is 1. The van der Waals surface area contributed by atoms with Gasteiger partial charge in [-0.2, -0.15) is 0 Å². The van der Waals surface area contributed by atoms with E-state index in [9.17, 15) is 9.90 Å². The lowest BCUT2D eigenvalue weighted by molar-refractivity contribution is -0.128. The summed E-state index contributed by atoms with van der Waals surface area (Å²) < 4.78 is 5.57. The Bertz CT molecular complexity index is 707. The fourth-order valence-corrected chi connectivity index (χ4v) is 4.01. The average molecular weight is 530 g/mol. The van der Waals surface area contributed by atoms with Crippen LogP contribution in [-0.4, -0.2) is 61.3 Å². The molecule has 2 aliphatic rings. The third-order valence-corrected chi connectivity index (χ3v) is 5.76. The van der Waals surface area contributed by atoms with Crippen LogP contribution in [0.25, 0.3) is 0 Å². The molecule has 2 fully saturated rings. The zero-order chi connectivity index (χ0) is 20.5. The minimum atomic E-state index is -0.0207. The van der Waals surface area contributed by atoms with Gasteiger partial charge in [-0.05, 0) is 37.3 Å². The number of aliphatic hydroxyl groups excluding tert-OH is 1. The summed E-state index contributed by atoms with van der Waals surface area (Å²) in [7, 11) is 0. The third kappa shape index (κ3) is 7.09. The number of ether oxygens (including phenoxy) is 1. The molecule has 2 heterocycles. The molecule has 0 aliphatic carbocycles. The van der Waals surface area contributed by atoms with E-state index < -0.39 is 0 Å². The molecule has 0 radical (unpaired) electrons. The van der Waals surface area contributed by atoms with Crippen LogP contribution in [0.5, 0.6) is 0 Å². The lowest BCUT2D eigenvalue weighted by Gasteiger charge is -2.27. The van der Waals surface area contributed by atoms with E-state index >= 15 is 0 Å². The van der Waals surface area contributed by atoms with Crippen molar-refractivity contribution in [1.82, 2.24) is 15.5 Å². The maximum Gasteiger partial charge on any atom is 0.222 e. The molecule has 0 bridgehead atoms. The Morgan fingerprint density at radius 1 is 1.33 bits per heavy atom. The van der Waals surface area contributed by atoms with Crippen molar-refractivity contribution in [1.29, 1.82) is 0 Å². The van der Waals surface area contributed by atoms with Gasteiger partial charge in [-0.25, -0.2) is 4.99 Å². The second-order valence-corrected chi connectivity index (χ2v) is 8.06. The normalized spacial score (nSPS) is 21.6. The van der Waals surface area contributed by atoms with Crippen molar-refractivity contribution in [3.8, 4) is 0 Å². The van der Waals surface area contributed by atoms with Crippen molar-refractivity contribution in [3.63, 3.8) is 0 Å². The standard InChI is InChI=1S/C22H34N4O3.HI/c1-2-23-21(25-16-22(8-11-27)9-12-29-17-22)24-14-18-5-3-6-19(13-18)15-26-10-4-7-20(26)28;/h3,5-6,13,27H,2,4,7-12,14-17H2,1H3,(H2,23,24,25);1H. The van der Waals surface area contributed by atoms with Crippen LogP contribution < -0.4 is 10.6 Å². The van der Waals surface area contributed by atoms with E-state index in [1.54, 1.807) is 0 Å². The predicted octanol–water partition coefficient (Wildman–Crippen LogP) is 2.27. The highest BCUT2D eigenvalue weighted by molar-refractivity contribution is 14.0. The number of hydrogen-bond acceptors (Lipinski definition) is 4. The van der Waals surface area contributed by atoms with Gasteiger partial charge in [-0.15, -0.1) is 24.0 Å². The summed E-state index contributed by atoms with van der Waals surface area (Å²) in [5, 5.41) is 16.1. The fraction of sp³-hybridized carbons (Fsp3) is 0.636. The number of halogens is 1. The van der Waals surface area contributed by atoms with Gasteiger partial charge in [-0.3, -0.25) is 4.79 Å². The molecule has 7 nitrogen and oxygen atoms in total. The Morgan fingerprint density at radius 2 is 2.17 bits per heavy atom. The van der Waals surface area contributed by atoms with Crippen molar-refractivity contribution >= 4 is 35.8 Å². The summed E-state index contributed by atoms with van der Waals surface area (Å²) in [5.74, 6) is 1.02. The van der Waals surface area contributed by atoms with E-state index in [1.807, 2.05) is 17.9 Å². The number of nitrogens with zero attached hydrogens (tertiary/aromatic N) is 2. The number of aliphatic imine (C=N–C) groups is 1. The number of aliphatic hydroxyl groups is 1. The fourth-order valence-electron chi connectivity index (χ4n) is 4.01. The molecule has 1 amide bonds. The molecule has 1 atom stereocenters. The maximum absolute atomic E-state index is 11.9. The molecule has 0 spiro atoms. The van der Waals surface area contributed by atoms with Crippen molar-refractivity contribution in [2.75, 3.05) is 39.5 Å². The highest BCUT2D eigenvalue weighted by Crippen LogP contribution is 2.31. The largest absolute Gasteiger partial charge is 0.396 e. The second-order valence-electron chi connectivity index (χ2n) is 8.06. The zero-order valence-electron chi connectivity index (χ0n) is 17.9. The number of carbonyl (C=O) groups is 1. The minimum Gasteiger partial charge on any atom is -0.396 e. The summed E-state index contributed by atoms with van der Waals surface area (Å²) in [6, 6.07) is 8.31. The Labute approximate surface area is 196 Å². The van der Waals surface area contributed by atoms with E-state index in [0.717, 1.165) is 62.6 Å². The first-order valence-corrected chi connectivity index (χ1v) is 10.7. The van der Waals surface area contributed by atoms with Crippen molar-refractivity contribution in [3.05, 3.63) is 35.4 Å². The molecule has 3 rings (SSSR count). The van der Waals surface area contributed by atoms with Gasteiger partial charge < -0.3 is 25.4 Å². The van der Waals surface area contributed by atoms with E-state index in [2.05, 4.69) is 28.8 Å². The zero-order valence-corrected chi connectivity index (χ0v) is 20.2. The minimum absolute atomic E-state index is 0. The SMILES string of the molecule is CCNC(=NCc1cccc(CN2CCCC2=O)c1)NCC1(CCO)CCOC1.I. The summed E-state index contributed by atoms with van der Waals surface area (Å²) in [6.45, 7) is 7.27. The molecule has 0 saturated carbocycles. The average Bonchev–Trinajstić information content (AvgIpc) is 3.34. The summed E-state index contributed by atoms with van der Waals surface area (Å²) in [4.78, 5) is 18.5. The van der Waals surface area contributed by atoms with Crippen LogP contribution in [0, 0.1) is 5.41 Å². The Hall–Kier alpha value is -1.39. The molecule has 1 aromatic rings. The molecule has 0 aromatic heterocycles. The lowest BCUT2D eigenvalue weighted by atomic mass is 9.84. The molecule has 2 aliphatic heterocycles. The molecule has 2 saturated heterocycles. The van der Waals surface area contributed by atoms with E-state index in [1.165, 1.54) is 0 Å². The molecule has 8 heteroatoms. The van der Waals surface area contributed by atoms with Gasteiger partial charge in [0.25, 0.3) is 0 Å². The number of amides is 1. The van der Waals surface area contributed by atoms with Gasteiger partial charge >= 0.3 is 0 Å². The van der Waals surface area contributed by atoms with Crippen LogP contribution in [0.4, 0.5) is 0 Å². The predicted molar refractivity (Wildman–Crippen MR) is 129 cm³/mol. The second kappa shape index (κ2) is 12.5. The van der Waals surface area contributed by atoms with Gasteiger partial charge in [0.15, 0.2) is 5.96 Å². The Morgan fingerprint density at radius 3 is 2.83 bits per heavy atom. The maximum atomic E-state index is 11.9. The smallest absolute Gasteiger partial charge is 0.222 e. The van der Waals surface area contributed by atoms with Gasteiger partial charge in [0.2, 0.25) is 5.91 Å². The monoisotopic (exact) mass is 530 g/mol. The molecule has 1 aromatic carbocycles. The van der Waals surface area contributed by atoms with Crippen LogP contribution in [0.1, 0.15) is 43.7 Å². The van der Waals surface area contributed by atoms with Gasteiger partial charge in [-0.1, -0.05) is 24.3 Å². The van der Waals surface area contributed by atoms with Crippen LogP contribution >= 0.6 is 24.0 Å². The van der Waals surface area contributed by atoms with Gasteiger partial charge in [0.1, 0.15) is 0 Å². The number of nitrogens with one attached hydrogen (secondary N) is 2. The molecular formula is C22H35IN4O3. The Balaban J connectivity index is 0.00000320. The van der Waals surface area contributed by atoms with E-state index in [4.69, 9.17) is 9.73 Å². The lowest BCUT2D eigenvalue weighted by Crippen LogP contribution is -2.44. The highest BCUT2D eigenvalue weighted by atomic mass is 127. The molecule has 3 N–H and O–H groups in total. The number of likely N-dealkylation sites (tertiary alicyclic amines) is 1. The van der Waals surface area contributed by atoms with Crippen LogP contribution in [-0.2, 0) is 22.6 Å². The summed E-state index contributed by atoms with van der Waals surface area (Å²) in [6.07, 6.45) is 3.32. The number of hydrogen-bond donors (Lipinski definition) is 3. The summed E-state index contributed by atoms with van der Waals surface area (Å²) in [5.41, 5.74) is 2.25. The Kier molecular flexibility index (Phi) is 10.3. The van der Waals surface area contributed by atoms with E-state index in [-0.39, 0.29) is 41.9 Å². The molecule has 1 unspecified atom stereocenters. The first-order chi connectivity index (χ1) is 14.1. The topological polar surface area (TPSA) is 86.2 Å². The van der Waals surface area contributed by atoms with Crippen molar-refractivity contribution in [2.24, 2.45) is 10.4 Å². The van der Waals surface area contributed by atoms with Gasteiger partial charge in [0, 0.05) is 51.2 Å². The van der Waals surface area contributed by atoms with Crippen LogP contribution in [0.15, 0.2) is 29.3 Å². The highest BCUT2D eigenvalue weighted by Gasteiger charge is 2.34. The van der Waals surface area contributed by atoms with E-state index in [0.29, 0.717) is 26.1 Å². The van der Waals surface area contributed by atoms with Crippen LogP contribution in [0.2, 0.25) is 0 Å². The number of rotatable bonds is 9. The molecule has 168 valence electrons. The first kappa shape index (κ1) is 24.9. The molecule has 30 heavy (non-hydrogen) atoms.